The third-order valence-corrected chi connectivity index (χ3v) is 5.75. The SMILES string of the molecule is CC(=O)OC1C2O[C@@H](C3C(=O)N(CCCOC(=O)CCC(=O)O)C(=O)C23)[C@H]1C.O=C(O)C(F)(F)F. The summed E-state index contributed by atoms with van der Waals surface area (Å²) in [5.41, 5.74) is 0. The Hall–Kier alpha value is -3.23. The zero-order chi connectivity index (χ0) is 26.7. The van der Waals surface area contributed by atoms with Gasteiger partial charge in [0, 0.05) is 19.4 Å². The summed E-state index contributed by atoms with van der Waals surface area (Å²) in [5.74, 6) is -7.01. The van der Waals surface area contributed by atoms with E-state index < -0.39 is 60.2 Å². The molecule has 2 amide bonds. The molecule has 3 fully saturated rings. The standard InChI is InChI=1S/C18H23NO9.C2HF3O2/c1-8-14-12-13(16(28-14)15(8)27-9(2)20)18(25)19(17(12)24)6-3-7-26-11(23)5-4-10(21)22;3-2(4,5)1(6)7/h8,12-16H,3-7H2,1-2H3,(H,21,22);(H,6,7)/t8-,12?,13?,14-,15?,16?;/m1./s1. The van der Waals surface area contributed by atoms with Crippen LogP contribution in [0.4, 0.5) is 13.2 Å². The number of halogens is 3. The van der Waals surface area contributed by atoms with Gasteiger partial charge in [0.1, 0.15) is 12.2 Å². The van der Waals surface area contributed by atoms with Gasteiger partial charge in [0.05, 0.1) is 37.4 Å². The van der Waals surface area contributed by atoms with Crippen LogP contribution in [0, 0.1) is 17.8 Å². The summed E-state index contributed by atoms with van der Waals surface area (Å²) in [5, 5.41) is 15.6. The van der Waals surface area contributed by atoms with E-state index in [1.54, 1.807) is 0 Å². The van der Waals surface area contributed by atoms with Gasteiger partial charge in [-0.2, -0.15) is 13.2 Å². The van der Waals surface area contributed by atoms with Crippen molar-refractivity contribution in [2.75, 3.05) is 13.2 Å². The molecule has 2 bridgehead atoms. The summed E-state index contributed by atoms with van der Waals surface area (Å²) in [6.07, 6.45) is -6.99. The molecule has 0 aromatic heterocycles. The minimum Gasteiger partial charge on any atom is -0.481 e. The second kappa shape index (κ2) is 11.0. The lowest BCUT2D eigenvalue weighted by atomic mass is 9.74. The molecule has 3 heterocycles. The number of aliphatic carboxylic acids is 2. The predicted molar refractivity (Wildman–Crippen MR) is 103 cm³/mol. The summed E-state index contributed by atoms with van der Waals surface area (Å²) in [6.45, 7) is 3.22. The number of carbonyl (C=O) groups is 6. The van der Waals surface area contributed by atoms with Crippen molar-refractivity contribution in [3.8, 4) is 0 Å². The van der Waals surface area contributed by atoms with Gasteiger partial charge >= 0.3 is 30.1 Å². The highest BCUT2D eigenvalue weighted by atomic mass is 19.4. The first-order chi connectivity index (χ1) is 16.2. The first kappa shape index (κ1) is 28.0. The van der Waals surface area contributed by atoms with Crippen LogP contribution in [0.25, 0.3) is 0 Å². The Labute approximate surface area is 196 Å². The number of hydrogen-bond acceptors (Lipinski definition) is 9. The Morgan fingerprint density at radius 2 is 1.57 bits per heavy atom. The molecule has 3 aliphatic rings. The highest BCUT2D eigenvalue weighted by Crippen LogP contribution is 2.52. The largest absolute Gasteiger partial charge is 0.490 e. The molecule has 15 heteroatoms. The number of rotatable bonds is 8. The van der Waals surface area contributed by atoms with Crippen LogP contribution in [0.1, 0.15) is 33.1 Å². The number of fused-ring (bicyclic) bond motifs is 5. The van der Waals surface area contributed by atoms with Gasteiger partial charge in [-0.05, 0) is 6.42 Å². The van der Waals surface area contributed by atoms with Crippen LogP contribution in [0.5, 0.6) is 0 Å². The van der Waals surface area contributed by atoms with E-state index in [0.29, 0.717) is 0 Å². The van der Waals surface area contributed by atoms with Gasteiger partial charge in [0.25, 0.3) is 0 Å². The molecule has 3 aliphatic heterocycles. The number of alkyl halides is 3. The Morgan fingerprint density at radius 3 is 2.06 bits per heavy atom. The van der Waals surface area contributed by atoms with E-state index in [1.165, 1.54) is 6.92 Å². The molecule has 0 saturated carbocycles. The van der Waals surface area contributed by atoms with Crippen molar-refractivity contribution in [2.45, 2.75) is 57.6 Å². The maximum Gasteiger partial charge on any atom is 0.490 e. The van der Waals surface area contributed by atoms with Crippen molar-refractivity contribution in [2.24, 2.45) is 17.8 Å². The average Bonchev–Trinajstić information content (AvgIpc) is 3.34. The first-order valence-corrected chi connectivity index (χ1v) is 10.5. The van der Waals surface area contributed by atoms with Crippen LogP contribution >= 0.6 is 0 Å². The zero-order valence-corrected chi connectivity index (χ0v) is 18.6. The van der Waals surface area contributed by atoms with E-state index in [4.69, 9.17) is 29.2 Å². The second-order valence-electron chi connectivity index (χ2n) is 8.15. The van der Waals surface area contributed by atoms with E-state index >= 15 is 0 Å². The summed E-state index contributed by atoms with van der Waals surface area (Å²) in [4.78, 5) is 68.6. The minimum absolute atomic E-state index is 0.0132. The number of amides is 2. The molecule has 196 valence electrons. The molecule has 0 spiro atoms. The topological polar surface area (TPSA) is 174 Å². The van der Waals surface area contributed by atoms with E-state index in [2.05, 4.69) is 0 Å². The molecule has 0 aliphatic carbocycles. The number of ether oxygens (including phenoxy) is 3. The summed E-state index contributed by atoms with van der Waals surface area (Å²) in [7, 11) is 0. The van der Waals surface area contributed by atoms with Crippen LogP contribution in [0.3, 0.4) is 0 Å². The fourth-order valence-electron chi connectivity index (χ4n) is 4.31. The third kappa shape index (κ3) is 6.46. The van der Waals surface area contributed by atoms with E-state index in [1.807, 2.05) is 6.92 Å². The van der Waals surface area contributed by atoms with Crippen molar-refractivity contribution in [3.63, 3.8) is 0 Å². The molecule has 4 unspecified atom stereocenters. The highest BCUT2D eigenvalue weighted by Gasteiger charge is 2.68. The fourth-order valence-corrected chi connectivity index (χ4v) is 4.31. The minimum atomic E-state index is -5.08. The van der Waals surface area contributed by atoms with Crippen molar-refractivity contribution in [1.82, 2.24) is 4.90 Å². The molecule has 0 aromatic carbocycles. The molecule has 35 heavy (non-hydrogen) atoms. The van der Waals surface area contributed by atoms with Gasteiger partial charge in [-0.25, -0.2) is 4.79 Å². The van der Waals surface area contributed by atoms with E-state index in [-0.39, 0.29) is 50.1 Å². The molecular weight excluding hydrogens is 487 g/mol. The second-order valence-corrected chi connectivity index (χ2v) is 8.15. The Morgan fingerprint density at radius 1 is 1.03 bits per heavy atom. The van der Waals surface area contributed by atoms with Gasteiger partial charge in [0.15, 0.2) is 0 Å². The molecule has 6 atom stereocenters. The predicted octanol–water partition coefficient (Wildman–Crippen LogP) is 0.368. The van der Waals surface area contributed by atoms with E-state index in [0.717, 1.165) is 4.90 Å². The number of esters is 2. The molecule has 0 radical (unpaired) electrons. The molecular formula is C20H24F3NO11. The Balaban J connectivity index is 0.000000540. The van der Waals surface area contributed by atoms with Crippen LogP contribution < -0.4 is 0 Å². The lowest BCUT2D eigenvalue weighted by Gasteiger charge is -2.29. The number of likely N-dealkylation sites (tertiary alicyclic amines) is 1. The van der Waals surface area contributed by atoms with Gasteiger partial charge < -0.3 is 24.4 Å². The maximum absolute atomic E-state index is 12.7. The van der Waals surface area contributed by atoms with Crippen molar-refractivity contribution >= 4 is 35.7 Å². The number of imide groups is 1. The van der Waals surface area contributed by atoms with Crippen molar-refractivity contribution < 1.29 is 66.4 Å². The van der Waals surface area contributed by atoms with Crippen LogP contribution in [0.15, 0.2) is 0 Å². The number of nitrogens with zero attached hydrogens (tertiary/aromatic N) is 1. The molecule has 0 aromatic rings. The first-order valence-electron chi connectivity index (χ1n) is 10.5. The highest BCUT2D eigenvalue weighted by molar-refractivity contribution is 6.06. The zero-order valence-electron chi connectivity index (χ0n) is 18.6. The quantitative estimate of drug-likeness (QED) is 0.262. The Kier molecular flexibility index (Phi) is 8.81. The summed E-state index contributed by atoms with van der Waals surface area (Å²) < 4.78 is 47.8. The smallest absolute Gasteiger partial charge is 0.481 e. The van der Waals surface area contributed by atoms with Crippen molar-refractivity contribution in [1.29, 1.82) is 0 Å². The maximum atomic E-state index is 12.7. The normalized spacial score (nSPS) is 28.8. The number of carboxylic acid groups (broad SMARTS) is 2. The van der Waals surface area contributed by atoms with Crippen LogP contribution in [0.2, 0.25) is 0 Å². The van der Waals surface area contributed by atoms with Gasteiger partial charge in [0.2, 0.25) is 11.8 Å². The van der Waals surface area contributed by atoms with Gasteiger partial charge in [-0.15, -0.1) is 0 Å². The summed E-state index contributed by atoms with van der Waals surface area (Å²) >= 11 is 0. The number of carboxylic acids is 2. The van der Waals surface area contributed by atoms with Crippen molar-refractivity contribution in [3.05, 3.63) is 0 Å². The lowest BCUT2D eigenvalue weighted by Crippen LogP contribution is -2.45. The molecule has 2 N–H and O–H groups in total. The number of carbonyl (C=O) groups excluding carboxylic acids is 4. The molecule has 12 nitrogen and oxygen atoms in total. The summed E-state index contributed by atoms with van der Waals surface area (Å²) in [6, 6.07) is 0. The number of hydrogen-bond donors (Lipinski definition) is 2. The Bertz CT molecular complexity index is 890. The lowest BCUT2D eigenvalue weighted by molar-refractivity contribution is -0.192. The third-order valence-electron chi connectivity index (χ3n) is 5.75. The van der Waals surface area contributed by atoms with Gasteiger partial charge in [-0.1, -0.05) is 6.92 Å². The molecule has 3 saturated heterocycles. The fraction of sp³-hybridized carbons (Fsp3) is 0.700. The van der Waals surface area contributed by atoms with Gasteiger partial charge in [-0.3, -0.25) is 28.9 Å². The monoisotopic (exact) mass is 511 g/mol. The van der Waals surface area contributed by atoms with Crippen LogP contribution in [-0.2, 0) is 43.0 Å². The van der Waals surface area contributed by atoms with Crippen LogP contribution in [-0.4, -0.2) is 88.4 Å². The molecule has 3 rings (SSSR count). The average molecular weight is 511 g/mol. The van der Waals surface area contributed by atoms with E-state index in [9.17, 15) is 37.1 Å².